The van der Waals surface area contributed by atoms with Gasteiger partial charge in [0, 0.05) is 0 Å². The minimum absolute atomic E-state index is 0.0870. The quantitative estimate of drug-likeness (QED) is 0.619. The molecule has 4 atom stereocenters. The van der Waals surface area contributed by atoms with E-state index in [9.17, 15) is 5.11 Å². The number of fused-ring (bicyclic) bond motifs is 2. The van der Waals surface area contributed by atoms with Crippen LogP contribution in [0.15, 0.2) is 25.3 Å². The molecule has 0 heterocycles. The summed E-state index contributed by atoms with van der Waals surface area (Å²) < 4.78 is 0. The lowest BCUT2D eigenvalue weighted by Gasteiger charge is -2.24. The summed E-state index contributed by atoms with van der Waals surface area (Å²) in [6, 6.07) is 0. The van der Waals surface area contributed by atoms with Gasteiger partial charge < -0.3 is 5.11 Å². The molecule has 12 heavy (non-hydrogen) atoms. The van der Waals surface area contributed by atoms with Crippen LogP contribution in [0.3, 0.4) is 0 Å². The highest BCUT2D eigenvalue weighted by Crippen LogP contribution is 2.53. The number of allylic oxidation sites excluding steroid dienone is 2. The van der Waals surface area contributed by atoms with Crippen molar-refractivity contribution in [3.63, 3.8) is 0 Å². The lowest BCUT2D eigenvalue weighted by molar-refractivity contribution is 0.122. The van der Waals surface area contributed by atoms with Crippen LogP contribution >= 0.6 is 0 Å². The Morgan fingerprint density at radius 2 is 1.42 bits per heavy atom. The van der Waals surface area contributed by atoms with Gasteiger partial charge in [0.15, 0.2) is 0 Å². The lowest BCUT2D eigenvalue weighted by atomic mass is 9.79. The Kier molecular flexibility index (Phi) is 1.84. The first-order valence-electron chi connectivity index (χ1n) is 4.72. The topological polar surface area (TPSA) is 20.2 Å². The predicted octanol–water partition coefficient (Wildman–Crippen LogP) is 1.99. The molecular weight excluding hydrogens is 148 g/mol. The van der Waals surface area contributed by atoms with Crippen molar-refractivity contribution in [3.8, 4) is 0 Å². The molecule has 0 aliphatic heterocycles. The van der Waals surface area contributed by atoms with E-state index >= 15 is 0 Å². The van der Waals surface area contributed by atoms with Crippen molar-refractivity contribution in [2.45, 2.75) is 18.9 Å². The summed E-state index contributed by atoms with van der Waals surface area (Å²) in [4.78, 5) is 0. The highest BCUT2D eigenvalue weighted by atomic mass is 16.3. The van der Waals surface area contributed by atoms with Crippen molar-refractivity contribution in [1.82, 2.24) is 0 Å². The fourth-order valence-electron chi connectivity index (χ4n) is 3.12. The Bertz CT molecular complexity index is 187. The van der Waals surface area contributed by atoms with E-state index in [1.807, 2.05) is 12.2 Å². The molecule has 4 unspecified atom stereocenters. The molecule has 2 aliphatic rings. The SMILES string of the molecule is C=CC1C(C=C)C2CCC1C2O. The van der Waals surface area contributed by atoms with Crippen molar-refractivity contribution in [3.05, 3.63) is 25.3 Å². The molecule has 0 amide bonds. The molecule has 2 bridgehead atoms. The number of hydrogen-bond acceptors (Lipinski definition) is 1. The Hall–Kier alpha value is -0.560. The van der Waals surface area contributed by atoms with Crippen LogP contribution in [-0.4, -0.2) is 11.2 Å². The van der Waals surface area contributed by atoms with Crippen LogP contribution in [0.25, 0.3) is 0 Å². The minimum Gasteiger partial charge on any atom is -0.393 e. The molecule has 0 radical (unpaired) electrons. The Labute approximate surface area is 73.8 Å². The lowest BCUT2D eigenvalue weighted by Crippen LogP contribution is -2.18. The second kappa shape index (κ2) is 2.74. The van der Waals surface area contributed by atoms with E-state index in [4.69, 9.17) is 0 Å². The van der Waals surface area contributed by atoms with Gasteiger partial charge in [0.2, 0.25) is 0 Å². The van der Waals surface area contributed by atoms with Gasteiger partial charge in [-0.1, -0.05) is 12.2 Å². The zero-order chi connectivity index (χ0) is 8.72. The number of aliphatic hydroxyl groups is 1. The number of aliphatic hydroxyl groups excluding tert-OH is 1. The monoisotopic (exact) mass is 164 g/mol. The first-order chi connectivity index (χ1) is 5.79. The molecule has 2 aliphatic carbocycles. The first kappa shape index (κ1) is 8.06. The Morgan fingerprint density at radius 3 is 1.75 bits per heavy atom. The van der Waals surface area contributed by atoms with Gasteiger partial charge in [-0.2, -0.15) is 0 Å². The predicted molar refractivity (Wildman–Crippen MR) is 49.6 cm³/mol. The summed E-state index contributed by atoms with van der Waals surface area (Å²) in [5, 5.41) is 9.84. The van der Waals surface area contributed by atoms with E-state index in [0.717, 1.165) is 0 Å². The third-order valence-electron chi connectivity index (χ3n) is 3.69. The third-order valence-corrected chi connectivity index (χ3v) is 3.69. The van der Waals surface area contributed by atoms with Crippen LogP contribution in [0, 0.1) is 23.7 Å². The molecule has 0 aromatic rings. The zero-order valence-electron chi connectivity index (χ0n) is 7.32. The van der Waals surface area contributed by atoms with Crippen LogP contribution in [0.2, 0.25) is 0 Å². The normalized spacial score (nSPS) is 50.9. The van der Waals surface area contributed by atoms with Gasteiger partial charge in [-0.15, -0.1) is 13.2 Å². The van der Waals surface area contributed by atoms with Gasteiger partial charge in [-0.05, 0) is 36.5 Å². The van der Waals surface area contributed by atoms with Crippen LogP contribution in [0.5, 0.6) is 0 Å². The Morgan fingerprint density at radius 1 is 1.00 bits per heavy atom. The van der Waals surface area contributed by atoms with Crippen LogP contribution in [-0.2, 0) is 0 Å². The minimum atomic E-state index is -0.0870. The largest absolute Gasteiger partial charge is 0.393 e. The standard InChI is InChI=1S/C11H16O/c1-3-7-8(4-2)10-6-5-9(7)11(10)12/h3-4,7-12H,1-2,5-6H2. The van der Waals surface area contributed by atoms with Crippen LogP contribution in [0.1, 0.15) is 12.8 Å². The van der Waals surface area contributed by atoms with E-state index in [-0.39, 0.29) is 6.10 Å². The van der Waals surface area contributed by atoms with Crippen molar-refractivity contribution in [2.24, 2.45) is 23.7 Å². The average Bonchev–Trinajstić information content (AvgIpc) is 2.58. The molecular formula is C11H16O. The molecule has 2 fully saturated rings. The van der Waals surface area contributed by atoms with Crippen LogP contribution < -0.4 is 0 Å². The van der Waals surface area contributed by atoms with Crippen LogP contribution in [0.4, 0.5) is 0 Å². The maximum absolute atomic E-state index is 9.84. The maximum Gasteiger partial charge on any atom is 0.0608 e. The fraction of sp³-hybridized carbons (Fsp3) is 0.636. The number of rotatable bonds is 2. The van der Waals surface area contributed by atoms with Gasteiger partial charge in [0.25, 0.3) is 0 Å². The highest BCUT2D eigenvalue weighted by Gasteiger charge is 2.51. The van der Waals surface area contributed by atoms with Crippen molar-refractivity contribution in [1.29, 1.82) is 0 Å². The molecule has 2 saturated carbocycles. The van der Waals surface area contributed by atoms with Gasteiger partial charge >= 0.3 is 0 Å². The summed E-state index contributed by atoms with van der Waals surface area (Å²) in [7, 11) is 0. The third kappa shape index (κ3) is 0.831. The van der Waals surface area contributed by atoms with Crippen molar-refractivity contribution in [2.75, 3.05) is 0 Å². The summed E-state index contributed by atoms with van der Waals surface area (Å²) in [5.74, 6) is 1.90. The molecule has 1 nitrogen and oxygen atoms in total. The molecule has 66 valence electrons. The smallest absolute Gasteiger partial charge is 0.0608 e. The molecule has 1 N–H and O–H groups in total. The van der Waals surface area contributed by atoms with Crippen molar-refractivity contribution >= 4 is 0 Å². The summed E-state index contributed by atoms with van der Waals surface area (Å²) in [5.41, 5.74) is 0. The van der Waals surface area contributed by atoms with Gasteiger partial charge in [-0.25, -0.2) is 0 Å². The first-order valence-corrected chi connectivity index (χ1v) is 4.72. The maximum atomic E-state index is 9.84. The molecule has 2 rings (SSSR count). The molecule has 0 saturated heterocycles. The fourth-order valence-corrected chi connectivity index (χ4v) is 3.12. The van der Waals surface area contributed by atoms with E-state index in [1.54, 1.807) is 0 Å². The molecule has 1 heteroatoms. The summed E-state index contributed by atoms with van der Waals surface area (Å²) >= 11 is 0. The number of hydrogen-bond donors (Lipinski definition) is 1. The van der Waals surface area contributed by atoms with E-state index in [1.165, 1.54) is 12.8 Å². The second-order valence-electron chi connectivity index (χ2n) is 4.02. The van der Waals surface area contributed by atoms with Gasteiger partial charge in [0.05, 0.1) is 6.10 Å². The second-order valence-corrected chi connectivity index (χ2v) is 4.02. The van der Waals surface area contributed by atoms with E-state index < -0.39 is 0 Å². The van der Waals surface area contributed by atoms with E-state index in [0.29, 0.717) is 23.7 Å². The van der Waals surface area contributed by atoms with Gasteiger partial charge in [-0.3, -0.25) is 0 Å². The van der Waals surface area contributed by atoms with E-state index in [2.05, 4.69) is 13.2 Å². The van der Waals surface area contributed by atoms with Crippen molar-refractivity contribution < 1.29 is 5.11 Å². The van der Waals surface area contributed by atoms with Gasteiger partial charge in [0.1, 0.15) is 0 Å². The zero-order valence-corrected chi connectivity index (χ0v) is 7.32. The molecule has 0 aromatic carbocycles. The molecule has 0 spiro atoms. The average molecular weight is 164 g/mol. The highest BCUT2D eigenvalue weighted by molar-refractivity contribution is 5.11. The summed E-state index contributed by atoms with van der Waals surface area (Å²) in [6.45, 7) is 7.67. The summed E-state index contributed by atoms with van der Waals surface area (Å²) in [6.07, 6.45) is 6.26. The Balaban J connectivity index is 2.26. The molecule has 0 aromatic heterocycles.